The predicted molar refractivity (Wildman–Crippen MR) is 84.7 cm³/mol. The Bertz CT molecular complexity index is 689. The number of nitrogens with one attached hydrogen (secondary N) is 2. The van der Waals surface area contributed by atoms with Crippen molar-refractivity contribution in [2.75, 3.05) is 0 Å². The maximum Gasteiger partial charge on any atom is 0.416 e. The summed E-state index contributed by atoms with van der Waals surface area (Å²) in [4.78, 5) is 11.7. The van der Waals surface area contributed by atoms with Gasteiger partial charge in [-0.25, -0.2) is 4.79 Å². The number of halogens is 4. The van der Waals surface area contributed by atoms with Crippen molar-refractivity contribution in [1.29, 1.82) is 0 Å². The average Bonchev–Trinajstić information content (AvgIpc) is 2.50. The zero-order chi connectivity index (χ0) is 16.9. The summed E-state index contributed by atoms with van der Waals surface area (Å²) in [6, 6.07) is 11.9. The van der Waals surface area contributed by atoms with E-state index in [0.29, 0.717) is 12.1 Å². The summed E-state index contributed by atoms with van der Waals surface area (Å²) in [5.41, 5.74) is 0.567. The maximum atomic E-state index is 12.6. The summed E-state index contributed by atoms with van der Waals surface area (Å²) in [6.45, 7) is 0.349. The van der Waals surface area contributed by atoms with Crippen molar-refractivity contribution in [2.24, 2.45) is 0 Å². The Hall–Kier alpha value is -2.02. The van der Waals surface area contributed by atoms with Gasteiger partial charge in [-0.1, -0.05) is 40.2 Å². The zero-order valence-corrected chi connectivity index (χ0v) is 13.5. The van der Waals surface area contributed by atoms with Gasteiger partial charge in [-0.05, 0) is 35.4 Å². The van der Waals surface area contributed by atoms with Gasteiger partial charge in [-0.15, -0.1) is 0 Å². The van der Waals surface area contributed by atoms with Crippen LogP contribution >= 0.6 is 15.9 Å². The van der Waals surface area contributed by atoms with Crippen molar-refractivity contribution in [3.05, 3.63) is 69.7 Å². The zero-order valence-electron chi connectivity index (χ0n) is 12.0. The molecule has 0 aliphatic rings. The van der Waals surface area contributed by atoms with Gasteiger partial charge in [0.05, 0.1) is 5.56 Å². The molecule has 2 rings (SSSR count). The van der Waals surface area contributed by atoms with Gasteiger partial charge in [-0.2, -0.15) is 13.2 Å². The van der Waals surface area contributed by atoms with Gasteiger partial charge >= 0.3 is 12.2 Å². The molecule has 0 saturated heterocycles. The fraction of sp³-hybridized carbons (Fsp3) is 0.188. The Kier molecular flexibility index (Phi) is 5.65. The highest BCUT2D eigenvalue weighted by Crippen LogP contribution is 2.29. The van der Waals surface area contributed by atoms with E-state index in [9.17, 15) is 18.0 Å². The minimum atomic E-state index is -4.39. The summed E-state index contributed by atoms with van der Waals surface area (Å²) >= 11 is 3.33. The third-order valence-electron chi connectivity index (χ3n) is 3.05. The van der Waals surface area contributed by atoms with Crippen molar-refractivity contribution in [2.45, 2.75) is 19.3 Å². The second-order valence-electron chi connectivity index (χ2n) is 4.86. The molecular formula is C16H14BrF3N2O. The monoisotopic (exact) mass is 386 g/mol. The molecule has 2 aromatic carbocycles. The molecule has 0 aromatic heterocycles. The molecule has 0 fully saturated rings. The lowest BCUT2D eigenvalue weighted by Gasteiger charge is -2.10. The van der Waals surface area contributed by atoms with Crippen LogP contribution in [-0.4, -0.2) is 6.03 Å². The Labute approximate surface area is 140 Å². The normalized spacial score (nSPS) is 11.1. The van der Waals surface area contributed by atoms with Gasteiger partial charge in [0, 0.05) is 17.6 Å². The molecule has 0 aliphatic carbocycles. The SMILES string of the molecule is O=C(NCc1cccc(Br)c1)NCc1cccc(C(F)(F)F)c1. The standard InChI is InChI=1S/C16H14BrF3N2O/c17-14-6-2-4-12(8-14)10-22-15(23)21-9-11-3-1-5-13(7-11)16(18,19)20/h1-8H,9-10H2,(H2,21,22,23). The van der Waals surface area contributed by atoms with E-state index in [1.807, 2.05) is 24.3 Å². The number of hydrogen-bond acceptors (Lipinski definition) is 1. The van der Waals surface area contributed by atoms with Gasteiger partial charge in [-0.3, -0.25) is 0 Å². The van der Waals surface area contributed by atoms with Crippen LogP contribution in [-0.2, 0) is 19.3 Å². The van der Waals surface area contributed by atoms with Crippen LogP contribution in [0.1, 0.15) is 16.7 Å². The summed E-state index contributed by atoms with van der Waals surface area (Å²) in [7, 11) is 0. The molecule has 0 saturated carbocycles. The largest absolute Gasteiger partial charge is 0.416 e. The number of carbonyl (C=O) groups excluding carboxylic acids is 1. The van der Waals surface area contributed by atoms with Crippen LogP contribution in [0, 0.1) is 0 Å². The van der Waals surface area contributed by atoms with Crippen molar-refractivity contribution in [3.8, 4) is 0 Å². The number of alkyl halides is 3. The lowest BCUT2D eigenvalue weighted by molar-refractivity contribution is -0.137. The molecule has 7 heteroatoms. The molecule has 0 heterocycles. The van der Waals surface area contributed by atoms with Crippen LogP contribution in [0.15, 0.2) is 53.0 Å². The van der Waals surface area contributed by atoms with Crippen LogP contribution in [0.2, 0.25) is 0 Å². The quantitative estimate of drug-likeness (QED) is 0.799. The van der Waals surface area contributed by atoms with E-state index in [-0.39, 0.29) is 6.54 Å². The van der Waals surface area contributed by atoms with E-state index in [0.717, 1.165) is 22.2 Å². The number of benzene rings is 2. The van der Waals surface area contributed by atoms with E-state index < -0.39 is 17.8 Å². The fourth-order valence-electron chi connectivity index (χ4n) is 1.93. The Morgan fingerprint density at radius 1 is 0.957 bits per heavy atom. The third kappa shape index (κ3) is 5.59. The summed E-state index contributed by atoms with van der Waals surface area (Å²) in [5, 5.41) is 5.18. The first kappa shape index (κ1) is 17.3. The highest BCUT2D eigenvalue weighted by Gasteiger charge is 2.30. The van der Waals surface area contributed by atoms with Crippen LogP contribution < -0.4 is 10.6 Å². The molecule has 0 aliphatic heterocycles. The number of hydrogen-bond donors (Lipinski definition) is 2. The lowest BCUT2D eigenvalue weighted by Crippen LogP contribution is -2.34. The van der Waals surface area contributed by atoms with Crippen molar-refractivity contribution in [3.63, 3.8) is 0 Å². The Morgan fingerprint density at radius 3 is 2.09 bits per heavy atom. The molecule has 2 aromatic rings. The van der Waals surface area contributed by atoms with Gasteiger partial charge < -0.3 is 10.6 Å². The second kappa shape index (κ2) is 7.50. The van der Waals surface area contributed by atoms with Crippen molar-refractivity contribution in [1.82, 2.24) is 10.6 Å². The van der Waals surface area contributed by atoms with E-state index in [4.69, 9.17) is 0 Å². The Morgan fingerprint density at radius 2 is 1.52 bits per heavy atom. The highest BCUT2D eigenvalue weighted by atomic mass is 79.9. The molecule has 122 valence electrons. The van der Waals surface area contributed by atoms with Crippen LogP contribution in [0.4, 0.5) is 18.0 Å². The molecular weight excluding hydrogens is 373 g/mol. The first-order valence-corrected chi connectivity index (χ1v) is 7.56. The molecule has 2 N–H and O–H groups in total. The fourth-order valence-corrected chi connectivity index (χ4v) is 2.38. The summed E-state index contributed by atoms with van der Waals surface area (Å²) in [5.74, 6) is 0. The number of carbonyl (C=O) groups is 1. The van der Waals surface area contributed by atoms with Gasteiger partial charge in [0.1, 0.15) is 0 Å². The van der Waals surface area contributed by atoms with Gasteiger partial charge in [0.15, 0.2) is 0 Å². The van der Waals surface area contributed by atoms with Gasteiger partial charge in [0.25, 0.3) is 0 Å². The molecule has 23 heavy (non-hydrogen) atoms. The van der Waals surface area contributed by atoms with E-state index >= 15 is 0 Å². The van der Waals surface area contributed by atoms with Crippen molar-refractivity contribution < 1.29 is 18.0 Å². The highest BCUT2D eigenvalue weighted by molar-refractivity contribution is 9.10. The number of rotatable bonds is 4. The molecule has 0 unspecified atom stereocenters. The first-order valence-electron chi connectivity index (χ1n) is 6.77. The molecule has 3 nitrogen and oxygen atoms in total. The first-order chi connectivity index (χ1) is 10.8. The molecule has 0 spiro atoms. The lowest BCUT2D eigenvalue weighted by atomic mass is 10.1. The third-order valence-corrected chi connectivity index (χ3v) is 3.54. The summed E-state index contributed by atoms with van der Waals surface area (Å²) < 4.78 is 38.7. The van der Waals surface area contributed by atoms with E-state index in [1.54, 1.807) is 0 Å². The van der Waals surface area contributed by atoms with Crippen LogP contribution in [0.3, 0.4) is 0 Å². The molecule has 0 atom stereocenters. The minimum absolute atomic E-state index is 0.0221. The second-order valence-corrected chi connectivity index (χ2v) is 5.78. The average molecular weight is 387 g/mol. The predicted octanol–water partition coefficient (Wildman–Crippen LogP) is 4.47. The smallest absolute Gasteiger partial charge is 0.334 e. The van der Waals surface area contributed by atoms with Crippen molar-refractivity contribution >= 4 is 22.0 Å². The number of urea groups is 1. The number of amides is 2. The molecule has 0 bridgehead atoms. The Balaban J connectivity index is 1.85. The van der Waals surface area contributed by atoms with E-state index in [1.165, 1.54) is 12.1 Å². The van der Waals surface area contributed by atoms with Crippen LogP contribution in [0.25, 0.3) is 0 Å². The molecule has 0 radical (unpaired) electrons. The van der Waals surface area contributed by atoms with Crippen LogP contribution in [0.5, 0.6) is 0 Å². The minimum Gasteiger partial charge on any atom is -0.334 e. The van der Waals surface area contributed by atoms with E-state index in [2.05, 4.69) is 26.6 Å². The summed E-state index contributed by atoms with van der Waals surface area (Å²) in [6.07, 6.45) is -4.39. The maximum absolute atomic E-state index is 12.6. The van der Waals surface area contributed by atoms with Gasteiger partial charge in [0.2, 0.25) is 0 Å². The molecule has 2 amide bonds. The topological polar surface area (TPSA) is 41.1 Å².